The van der Waals surface area contributed by atoms with Crippen LogP contribution in [0.25, 0.3) is 0 Å². The molecular formula is C26H36ClN4O8+. The normalized spacial score (nSPS) is 21.0. The molecule has 0 aromatic heterocycles. The smallest absolute Gasteiger partial charge is 0.427 e. The van der Waals surface area contributed by atoms with Crippen molar-refractivity contribution in [1.82, 2.24) is 10.6 Å². The number of ether oxygens (including phenoxy) is 3. The van der Waals surface area contributed by atoms with Crippen molar-refractivity contribution >= 4 is 47.2 Å². The van der Waals surface area contributed by atoms with Crippen LogP contribution >= 0.6 is 11.6 Å². The average molecular weight is 568 g/mol. The van der Waals surface area contributed by atoms with Gasteiger partial charge in [-0.1, -0.05) is 32.4 Å². The van der Waals surface area contributed by atoms with Gasteiger partial charge in [0.25, 0.3) is 5.91 Å². The molecule has 13 heteroatoms. The van der Waals surface area contributed by atoms with Gasteiger partial charge in [-0.05, 0) is 30.5 Å². The number of carbonyl (C=O) groups is 5. The molecule has 2 heterocycles. The summed E-state index contributed by atoms with van der Waals surface area (Å²) < 4.78 is 14.8. The number of quaternary nitrogens is 1. The van der Waals surface area contributed by atoms with E-state index in [2.05, 4.69) is 20.7 Å². The van der Waals surface area contributed by atoms with Crippen molar-refractivity contribution in [1.29, 1.82) is 0 Å². The number of amides is 5. The molecule has 3 atom stereocenters. The Labute approximate surface area is 232 Å². The number of methoxy groups -OCH3 is 1. The molecule has 0 spiro atoms. The number of anilines is 1. The summed E-state index contributed by atoms with van der Waals surface area (Å²) in [4.78, 5) is 64.4. The Hall–Kier alpha value is -3.22. The minimum Gasteiger partial charge on any atom is -0.453 e. The molecular weight excluding hydrogens is 532 g/mol. The van der Waals surface area contributed by atoms with Crippen molar-refractivity contribution in [2.24, 2.45) is 5.41 Å². The van der Waals surface area contributed by atoms with Gasteiger partial charge < -0.3 is 19.5 Å². The van der Waals surface area contributed by atoms with Crippen LogP contribution < -0.4 is 16.0 Å². The lowest BCUT2D eigenvalue weighted by atomic mass is 9.85. The monoisotopic (exact) mass is 567 g/mol. The van der Waals surface area contributed by atoms with Crippen LogP contribution in [0.2, 0.25) is 5.02 Å². The van der Waals surface area contributed by atoms with E-state index in [4.69, 9.17) is 21.1 Å². The number of esters is 1. The van der Waals surface area contributed by atoms with E-state index >= 15 is 0 Å². The van der Waals surface area contributed by atoms with Gasteiger partial charge in [-0.25, -0.2) is 14.4 Å². The first kappa shape index (κ1) is 30.3. The molecule has 2 aliphatic rings. The molecule has 2 saturated heterocycles. The van der Waals surface area contributed by atoms with Crippen molar-refractivity contribution in [2.45, 2.75) is 65.3 Å². The predicted octanol–water partition coefficient (Wildman–Crippen LogP) is 3.19. The second kappa shape index (κ2) is 12.3. The van der Waals surface area contributed by atoms with Crippen LogP contribution in [0, 0.1) is 5.41 Å². The molecule has 3 rings (SSSR count). The number of likely N-dealkylation sites (tertiary alicyclic amines) is 1. The Morgan fingerprint density at radius 3 is 2.41 bits per heavy atom. The summed E-state index contributed by atoms with van der Waals surface area (Å²) >= 11 is 6.32. The molecule has 12 nitrogen and oxygen atoms in total. The van der Waals surface area contributed by atoms with E-state index in [-0.39, 0.29) is 30.1 Å². The van der Waals surface area contributed by atoms with Crippen molar-refractivity contribution in [2.75, 3.05) is 32.1 Å². The number of rotatable bonds is 7. The van der Waals surface area contributed by atoms with E-state index in [0.717, 1.165) is 0 Å². The van der Waals surface area contributed by atoms with Crippen molar-refractivity contribution in [3.63, 3.8) is 0 Å². The summed E-state index contributed by atoms with van der Waals surface area (Å²) in [5.41, 5.74) is -0.361. The van der Waals surface area contributed by atoms with E-state index in [0.29, 0.717) is 25.1 Å². The molecule has 3 N–H and O–H groups in total. The summed E-state index contributed by atoms with van der Waals surface area (Å²) in [5.74, 6) is -1.59. The third kappa shape index (κ3) is 6.87. The number of carbonyl (C=O) groups excluding carboxylic acids is 5. The molecule has 39 heavy (non-hydrogen) atoms. The molecule has 1 aromatic rings. The molecule has 0 unspecified atom stereocenters. The Morgan fingerprint density at radius 1 is 1.18 bits per heavy atom. The summed E-state index contributed by atoms with van der Waals surface area (Å²) in [5, 5.41) is 7.99. The zero-order chi connectivity index (χ0) is 29.0. The maximum atomic E-state index is 14.1. The van der Waals surface area contributed by atoms with E-state index in [1.807, 2.05) is 0 Å². The fraction of sp³-hybridized carbons (Fsp3) is 0.577. The Morgan fingerprint density at radius 2 is 1.85 bits per heavy atom. The number of cyclic esters (lactones) is 1. The average Bonchev–Trinajstić information content (AvgIpc) is 3.49. The number of halogens is 1. The van der Waals surface area contributed by atoms with Gasteiger partial charge >= 0.3 is 24.0 Å². The molecule has 214 valence electrons. The fourth-order valence-corrected chi connectivity index (χ4v) is 4.98. The second-order valence-electron chi connectivity index (χ2n) is 10.6. The Kier molecular flexibility index (Phi) is 9.57. The predicted molar refractivity (Wildman–Crippen MR) is 141 cm³/mol. The zero-order valence-electron chi connectivity index (χ0n) is 22.8. The number of hydrogen-bond acceptors (Lipinski definition) is 8. The Bertz CT molecular complexity index is 1130. The topological polar surface area (TPSA) is 149 Å². The van der Waals surface area contributed by atoms with Crippen molar-refractivity contribution in [3.05, 3.63) is 28.8 Å². The number of nitrogens with zero attached hydrogens (tertiary/aromatic N) is 1. The van der Waals surface area contributed by atoms with Crippen LogP contribution in [0.1, 0.15) is 57.3 Å². The van der Waals surface area contributed by atoms with E-state index in [1.54, 1.807) is 27.7 Å². The number of benzene rings is 1. The molecule has 5 amide bonds. The van der Waals surface area contributed by atoms with Gasteiger partial charge in [-0.2, -0.15) is 4.48 Å². The first-order valence-electron chi connectivity index (χ1n) is 12.8. The maximum absolute atomic E-state index is 14.1. The maximum Gasteiger partial charge on any atom is 0.427 e. The molecule has 0 saturated carbocycles. The van der Waals surface area contributed by atoms with E-state index in [1.165, 1.54) is 25.3 Å². The first-order valence-corrected chi connectivity index (χ1v) is 13.2. The SMILES string of the molecule is CCO[C@H]1CC(=O)O[C@H]1NC(=O)[N+]1(C(=O)[C@@H](NC(=O)c2ccc(NC(=O)OC)cc2Cl)C(C)(C)C)CCCC1. The van der Waals surface area contributed by atoms with Crippen molar-refractivity contribution in [3.8, 4) is 0 Å². The standard InChI is InChI=1S/C26H35ClN4O8/c1-6-38-18-14-19(32)39-22(18)30-24(35)31(11-7-8-12-31)23(34)20(26(2,3)4)29-21(33)16-10-9-15(13-17(16)27)28-25(36)37-5/h9-10,13,18,20,22H,6-8,11-12,14H2,1-5H3,(H2-,28,29,30,33,35,36)/p+1/t18-,20+,22+/m0/s1. The lowest BCUT2D eigenvalue weighted by molar-refractivity contribution is -0.761. The van der Waals surface area contributed by atoms with Gasteiger partial charge in [0.05, 0.1) is 37.2 Å². The fourth-order valence-electron chi connectivity index (χ4n) is 4.71. The third-order valence-corrected chi connectivity index (χ3v) is 7.10. The highest BCUT2D eigenvalue weighted by Crippen LogP contribution is 2.30. The Balaban J connectivity index is 1.84. The van der Waals surface area contributed by atoms with Gasteiger partial charge in [0.1, 0.15) is 6.10 Å². The van der Waals surface area contributed by atoms with Gasteiger partial charge in [-0.3, -0.25) is 20.2 Å². The molecule has 2 aliphatic heterocycles. The minimum absolute atomic E-state index is 0.00209. The first-order chi connectivity index (χ1) is 18.3. The van der Waals surface area contributed by atoms with Crippen LogP contribution in [0.3, 0.4) is 0 Å². The van der Waals surface area contributed by atoms with Crippen LogP contribution in [-0.4, -0.2) is 79.6 Å². The largest absolute Gasteiger partial charge is 0.453 e. The van der Waals surface area contributed by atoms with Crippen LogP contribution in [0.15, 0.2) is 18.2 Å². The summed E-state index contributed by atoms with van der Waals surface area (Å²) in [6.07, 6.45) is -1.09. The van der Waals surface area contributed by atoms with Gasteiger partial charge in [0, 0.05) is 25.1 Å². The summed E-state index contributed by atoms with van der Waals surface area (Å²) in [6.45, 7) is 7.93. The van der Waals surface area contributed by atoms with Gasteiger partial charge in [0.2, 0.25) is 6.23 Å². The number of hydrogen-bond donors (Lipinski definition) is 3. The molecule has 2 fully saturated rings. The molecule has 0 aliphatic carbocycles. The van der Waals surface area contributed by atoms with E-state index < -0.39 is 58.2 Å². The highest BCUT2D eigenvalue weighted by molar-refractivity contribution is 6.34. The molecule has 0 radical (unpaired) electrons. The number of nitrogens with one attached hydrogen (secondary N) is 3. The lowest BCUT2D eigenvalue weighted by Gasteiger charge is -2.37. The molecule has 1 aromatic carbocycles. The summed E-state index contributed by atoms with van der Waals surface area (Å²) in [7, 11) is 1.22. The number of urea groups is 1. The quantitative estimate of drug-likeness (QED) is 0.336. The summed E-state index contributed by atoms with van der Waals surface area (Å²) in [6, 6.07) is 2.61. The van der Waals surface area contributed by atoms with Crippen LogP contribution in [0.4, 0.5) is 15.3 Å². The van der Waals surface area contributed by atoms with Crippen LogP contribution in [-0.2, 0) is 23.8 Å². The molecule has 0 bridgehead atoms. The number of imide groups is 1. The highest BCUT2D eigenvalue weighted by Gasteiger charge is 2.54. The minimum atomic E-state index is -1.06. The zero-order valence-corrected chi connectivity index (χ0v) is 23.6. The van der Waals surface area contributed by atoms with Crippen molar-refractivity contribution < 1.29 is 42.7 Å². The van der Waals surface area contributed by atoms with E-state index in [9.17, 15) is 24.0 Å². The second-order valence-corrected chi connectivity index (χ2v) is 11.0. The highest BCUT2D eigenvalue weighted by atomic mass is 35.5. The third-order valence-electron chi connectivity index (χ3n) is 6.78. The van der Waals surface area contributed by atoms with Gasteiger partial charge in [-0.15, -0.1) is 0 Å². The lowest BCUT2D eigenvalue weighted by Crippen LogP contribution is -2.68. The van der Waals surface area contributed by atoms with Crippen LogP contribution in [0.5, 0.6) is 0 Å². The van der Waals surface area contributed by atoms with Gasteiger partial charge in [0.15, 0.2) is 6.04 Å².